The molecule has 3 heterocycles. The number of furan rings is 1. The molecule has 1 aliphatic heterocycles. The number of aliphatic hydroxyl groups is 4. The second kappa shape index (κ2) is 7.94. The Hall–Kier alpha value is -2.39. The van der Waals surface area contributed by atoms with Gasteiger partial charge in [0.15, 0.2) is 0 Å². The van der Waals surface area contributed by atoms with Gasteiger partial charge in [-0.1, -0.05) is 23.7 Å². The lowest BCUT2D eigenvalue weighted by Gasteiger charge is -2.40. The Morgan fingerprint density at radius 2 is 1.84 bits per heavy atom. The number of H-pyrrole nitrogens is 1. The van der Waals surface area contributed by atoms with Crippen LogP contribution >= 0.6 is 11.6 Å². The van der Waals surface area contributed by atoms with Gasteiger partial charge >= 0.3 is 0 Å². The smallest absolute Gasteiger partial charge is 0.133 e. The molecule has 5 rings (SSSR count). The summed E-state index contributed by atoms with van der Waals surface area (Å²) in [6.07, 6.45) is -4.14. The molecule has 2 aromatic heterocycles. The third-order valence-electron chi connectivity index (χ3n) is 5.98. The Morgan fingerprint density at radius 1 is 1.00 bits per heavy atom. The Kier molecular flexibility index (Phi) is 5.26. The van der Waals surface area contributed by atoms with E-state index in [9.17, 15) is 20.4 Å². The zero-order chi connectivity index (χ0) is 21.7. The molecule has 1 saturated heterocycles. The van der Waals surface area contributed by atoms with Crippen molar-refractivity contribution >= 4 is 33.5 Å². The summed E-state index contributed by atoms with van der Waals surface area (Å²) < 4.78 is 11.2. The lowest BCUT2D eigenvalue weighted by Crippen LogP contribution is -2.55. The average molecular weight is 444 g/mol. The molecule has 31 heavy (non-hydrogen) atoms. The summed E-state index contributed by atoms with van der Waals surface area (Å²) in [4.78, 5) is 3.28. The number of halogens is 1. The number of rotatable bonds is 4. The van der Waals surface area contributed by atoms with Crippen molar-refractivity contribution in [2.75, 3.05) is 6.61 Å². The minimum absolute atomic E-state index is 0.481. The molecular formula is C23H22ClNO6. The summed E-state index contributed by atoms with van der Waals surface area (Å²) in [5.41, 5.74) is 3.91. The summed E-state index contributed by atoms with van der Waals surface area (Å²) >= 11 is 6.53. The van der Waals surface area contributed by atoms with Gasteiger partial charge in [-0.15, -0.1) is 0 Å². The fourth-order valence-electron chi connectivity index (χ4n) is 4.39. The molecule has 0 aliphatic carbocycles. The molecule has 0 radical (unpaired) electrons. The largest absolute Gasteiger partial charge is 0.464 e. The first-order chi connectivity index (χ1) is 15.0. The highest BCUT2D eigenvalue weighted by Gasteiger charge is 2.45. The highest BCUT2D eigenvalue weighted by Crippen LogP contribution is 2.39. The van der Waals surface area contributed by atoms with E-state index in [-0.39, 0.29) is 0 Å². The first kappa shape index (κ1) is 20.5. The number of aliphatic hydroxyl groups excluding tert-OH is 4. The van der Waals surface area contributed by atoms with Crippen molar-refractivity contribution in [2.45, 2.75) is 36.9 Å². The van der Waals surface area contributed by atoms with Crippen LogP contribution in [0.3, 0.4) is 0 Å². The number of nitrogens with one attached hydrogen (secondary N) is 1. The first-order valence-corrected chi connectivity index (χ1v) is 10.4. The molecule has 4 aromatic rings. The Labute approximate surface area is 182 Å². The van der Waals surface area contributed by atoms with Crippen molar-refractivity contribution in [1.82, 2.24) is 4.98 Å². The summed E-state index contributed by atoms with van der Waals surface area (Å²) in [5, 5.41) is 43.0. The Morgan fingerprint density at radius 3 is 2.65 bits per heavy atom. The molecule has 8 heteroatoms. The number of fused-ring (bicyclic) bond motifs is 2. The second-order valence-corrected chi connectivity index (χ2v) is 8.31. The topological polar surface area (TPSA) is 119 Å². The third-order valence-corrected chi connectivity index (χ3v) is 6.30. The monoisotopic (exact) mass is 443 g/mol. The van der Waals surface area contributed by atoms with Gasteiger partial charge in [-0.25, -0.2) is 0 Å². The summed E-state index contributed by atoms with van der Waals surface area (Å²) in [6.45, 7) is -0.491. The fraction of sp³-hybridized carbons (Fsp3) is 0.304. The standard InChI is InChI=1S/C23H22ClNO6/c24-14-2-1-3-15-18(14)13(9-11-4-5-16-12(8-11)6-7-30-16)19(25-15)23-22(29)21(28)20(27)17(10-26)31-23/h1-8,17,20-23,25-29H,9-10H2/t17-,20-,21+,22-,23+/m1/s1. The fourth-order valence-corrected chi connectivity index (χ4v) is 4.68. The molecule has 0 spiro atoms. The maximum Gasteiger partial charge on any atom is 0.133 e. The maximum absolute atomic E-state index is 10.7. The van der Waals surface area contributed by atoms with Gasteiger partial charge in [0, 0.05) is 22.7 Å². The van der Waals surface area contributed by atoms with Gasteiger partial charge in [-0.2, -0.15) is 0 Å². The number of hydrogen-bond acceptors (Lipinski definition) is 6. The maximum atomic E-state index is 10.7. The van der Waals surface area contributed by atoms with E-state index in [0.717, 1.165) is 33.0 Å². The van der Waals surface area contributed by atoms with E-state index in [1.807, 2.05) is 36.4 Å². The lowest BCUT2D eigenvalue weighted by molar-refractivity contribution is -0.232. The number of hydrogen-bond donors (Lipinski definition) is 5. The SMILES string of the molecule is OC[C@H]1O[C@@H](c2[nH]c3cccc(Cl)c3c2Cc2ccc3occc3c2)[C@H](O)[C@@H](O)[C@@H]1O. The molecule has 0 amide bonds. The summed E-state index contributed by atoms with van der Waals surface area (Å²) in [7, 11) is 0. The molecule has 2 aromatic carbocycles. The van der Waals surface area contributed by atoms with Crippen molar-refractivity contribution < 1.29 is 29.6 Å². The minimum atomic E-state index is -1.46. The van der Waals surface area contributed by atoms with Crippen molar-refractivity contribution in [1.29, 1.82) is 0 Å². The quantitative estimate of drug-likeness (QED) is 0.331. The molecule has 5 N–H and O–H groups in total. The van der Waals surface area contributed by atoms with Crippen molar-refractivity contribution in [3.05, 3.63) is 70.6 Å². The van der Waals surface area contributed by atoms with Crippen LogP contribution in [-0.4, -0.2) is 56.4 Å². The molecule has 1 aliphatic rings. The number of ether oxygens (including phenoxy) is 1. The van der Waals surface area contributed by atoms with E-state index in [1.165, 1.54) is 0 Å². The molecular weight excluding hydrogens is 422 g/mol. The predicted octanol–water partition coefficient (Wildman–Crippen LogP) is 2.67. The van der Waals surface area contributed by atoms with Crippen molar-refractivity contribution in [3.63, 3.8) is 0 Å². The zero-order valence-corrected chi connectivity index (χ0v) is 17.2. The molecule has 0 saturated carbocycles. The first-order valence-electron chi connectivity index (χ1n) is 10.0. The van der Waals surface area contributed by atoms with E-state index in [0.29, 0.717) is 17.1 Å². The third kappa shape index (κ3) is 3.43. The van der Waals surface area contributed by atoms with Gasteiger partial charge in [0.05, 0.1) is 23.6 Å². The Balaban J connectivity index is 1.63. The minimum Gasteiger partial charge on any atom is -0.464 e. The van der Waals surface area contributed by atoms with Gasteiger partial charge < -0.3 is 34.6 Å². The van der Waals surface area contributed by atoms with Crippen LogP contribution in [-0.2, 0) is 11.2 Å². The highest BCUT2D eigenvalue weighted by atomic mass is 35.5. The van der Waals surface area contributed by atoms with Crippen LogP contribution < -0.4 is 0 Å². The number of aromatic nitrogens is 1. The summed E-state index contributed by atoms with van der Waals surface area (Å²) in [5.74, 6) is 0. The van der Waals surface area contributed by atoms with Gasteiger partial charge in [0.2, 0.25) is 0 Å². The number of aromatic amines is 1. The van der Waals surface area contributed by atoms with Gasteiger partial charge in [-0.3, -0.25) is 0 Å². The van der Waals surface area contributed by atoms with E-state index in [1.54, 1.807) is 12.3 Å². The normalized spacial score (nSPS) is 26.7. The molecule has 0 unspecified atom stereocenters. The van der Waals surface area contributed by atoms with Crippen LogP contribution in [0.15, 0.2) is 53.1 Å². The molecule has 7 nitrogen and oxygen atoms in total. The van der Waals surface area contributed by atoms with E-state index >= 15 is 0 Å². The second-order valence-electron chi connectivity index (χ2n) is 7.90. The van der Waals surface area contributed by atoms with Crippen LogP contribution in [0, 0.1) is 0 Å². The molecule has 1 fully saturated rings. The van der Waals surface area contributed by atoms with E-state index in [2.05, 4.69) is 4.98 Å². The zero-order valence-electron chi connectivity index (χ0n) is 16.4. The van der Waals surface area contributed by atoms with Crippen molar-refractivity contribution in [3.8, 4) is 0 Å². The molecule has 0 bridgehead atoms. The van der Waals surface area contributed by atoms with Crippen LogP contribution in [0.2, 0.25) is 5.02 Å². The lowest BCUT2D eigenvalue weighted by atomic mass is 9.90. The molecule has 162 valence electrons. The number of benzene rings is 2. The van der Waals surface area contributed by atoms with Crippen LogP contribution in [0.4, 0.5) is 0 Å². The summed E-state index contributed by atoms with van der Waals surface area (Å²) in [6, 6.07) is 13.2. The highest BCUT2D eigenvalue weighted by molar-refractivity contribution is 6.35. The van der Waals surface area contributed by atoms with Gasteiger partial charge in [-0.05, 0) is 41.5 Å². The van der Waals surface area contributed by atoms with Crippen LogP contribution in [0.25, 0.3) is 21.9 Å². The van der Waals surface area contributed by atoms with Crippen molar-refractivity contribution in [2.24, 2.45) is 0 Å². The predicted molar refractivity (Wildman–Crippen MR) is 115 cm³/mol. The van der Waals surface area contributed by atoms with Crippen LogP contribution in [0.1, 0.15) is 22.9 Å². The van der Waals surface area contributed by atoms with Gasteiger partial charge in [0.1, 0.15) is 36.1 Å². The van der Waals surface area contributed by atoms with Gasteiger partial charge in [0.25, 0.3) is 0 Å². The average Bonchev–Trinajstić information content (AvgIpc) is 3.37. The van der Waals surface area contributed by atoms with E-state index < -0.39 is 37.1 Å². The Bertz CT molecular complexity index is 1230. The van der Waals surface area contributed by atoms with E-state index in [4.69, 9.17) is 20.8 Å². The van der Waals surface area contributed by atoms with Crippen LogP contribution in [0.5, 0.6) is 0 Å². The molecule has 5 atom stereocenters.